The van der Waals surface area contributed by atoms with Gasteiger partial charge < -0.3 is 23.6 Å². The fraction of sp³-hybridized carbons (Fsp3) is 0.348. The third-order valence-corrected chi connectivity index (χ3v) is 5.66. The third kappa shape index (κ3) is 3.81. The lowest BCUT2D eigenvalue weighted by molar-refractivity contribution is -0.142. The molecule has 2 aliphatic rings. The lowest BCUT2D eigenvalue weighted by atomic mass is 9.97. The zero-order chi connectivity index (χ0) is 21.2. The highest BCUT2D eigenvalue weighted by molar-refractivity contribution is 5.82. The molecular formula is C23H23N3O5. The Labute approximate surface area is 179 Å². The fourth-order valence-corrected chi connectivity index (χ4v) is 4.06. The van der Waals surface area contributed by atoms with E-state index in [9.17, 15) is 4.79 Å². The Kier molecular flexibility index (Phi) is 5.19. The molecule has 1 fully saturated rings. The van der Waals surface area contributed by atoms with Gasteiger partial charge in [0.25, 0.3) is 11.8 Å². The molecule has 8 nitrogen and oxygen atoms in total. The van der Waals surface area contributed by atoms with E-state index >= 15 is 0 Å². The van der Waals surface area contributed by atoms with Gasteiger partial charge in [-0.1, -0.05) is 29.4 Å². The molecule has 0 bridgehead atoms. The van der Waals surface area contributed by atoms with Crippen molar-refractivity contribution in [2.24, 2.45) is 0 Å². The van der Waals surface area contributed by atoms with Gasteiger partial charge in [0, 0.05) is 19.0 Å². The zero-order valence-electron chi connectivity index (χ0n) is 17.2. The first-order chi connectivity index (χ1) is 15.2. The van der Waals surface area contributed by atoms with E-state index in [1.807, 2.05) is 53.4 Å². The van der Waals surface area contributed by atoms with Crippen molar-refractivity contribution in [2.75, 3.05) is 26.8 Å². The van der Waals surface area contributed by atoms with Crippen LogP contribution < -0.4 is 14.2 Å². The summed E-state index contributed by atoms with van der Waals surface area (Å²) in [5.74, 6) is 2.88. The van der Waals surface area contributed by atoms with Crippen LogP contribution in [0.3, 0.4) is 0 Å². The molecule has 0 aliphatic carbocycles. The van der Waals surface area contributed by atoms with Crippen molar-refractivity contribution >= 4 is 5.91 Å². The molecule has 31 heavy (non-hydrogen) atoms. The SMILES string of the molecule is COc1ccccc1-c1nc([C@H]2CCCN(C(=O)[C@@H]3COc4ccccc4O3)C2)no1. The molecule has 3 aromatic rings. The first-order valence-corrected chi connectivity index (χ1v) is 10.4. The molecule has 3 heterocycles. The maximum atomic E-state index is 13.1. The molecule has 2 aliphatic heterocycles. The van der Waals surface area contributed by atoms with Crippen molar-refractivity contribution in [1.29, 1.82) is 0 Å². The molecule has 8 heteroatoms. The summed E-state index contributed by atoms with van der Waals surface area (Å²) in [4.78, 5) is 19.5. The predicted octanol–water partition coefficient (Wildman–Crippen LogP) is 3.29. The van der Waals surface area contributed by atoms with Crippen molar-refractivity contribution in [3.8, 4) is 28.7 Å². The van der Waals surface area contributed by atoms with Crippen LogP contribution in [0.25, 0.3) is 11.5 Å². The Balaban J connectivity index is 1.29. The Hall–Kier alpha value is -3.55. The highest BCUT2D eigenvalue weighted by atomic mass is 16.6. The summed E-state index contributed by atoms with van der Waals surface area (Å²) < 4.78 is 22.5. The van der Waals surface area contributed by atoms with E-state index in [4.69, 9.17) is 18.7 Å². The first-order valence-electron chi connectivity index (χ1n) is 10.4. The molecule has 0 N–H and O–H groups in total. The van der Waals surface area contributed by atoms with Crippen molar-refractivity contribution in [3.05, 3.63) is 54.4 Å². The number of ether oxygens (including phenoxy) is 3. The second-order valence-corrected chi connectivity index (χ2v) is 7.65. The Bertz CT molecular complexity index is 1080. The van der Waals surface area contributed by atoms with Crippen molar-refractivity contribution in [3.63, 3.8) is 0 Å². The molecule has 5 rings (SSSR count). The summed E-state index contributed by atoms with van der Waals surface area (Å²) in [7, 11) is 1.61. The number of carbonyl (C=O) groups excluding carboxylic acids is 1. The van der Waals surface area contributed by atoms with Crippen LogP contribution in [0.1, 0.15) is 24.6 Å². The van der Waals surface area contributed by atoms with Crippen LogP contribution in [-0.4, -0.2) is 53.9 Å². The Morgan fingerprint density at radius 2 is 1.94 bits per heavy atom. The number of hydrogen-bond donors (Lipinski definition) is 0. The van der Waals surface area contributed by atoms with E-state index in [1.54, 1.807) is 7.11 Å². The molecule has 2 atom stereocenters. The number of carbonyl (C=O) groups is 1. The number of piperidine rings is 1. The highest BCUT2D eigenvalue weighted by Crippen LogP contribution is 2.33. The van der Waals surface area contributed by atoms with Crippen molar-refractivity contribution < 1.29 is 23.5 Å². The van der Waals surface area contributed by atoms with Crippen LogP contribution in [0, 0.1) is 0 Å². The van der Waals surface area contributed by atoms with Gasteiger partial charge in [0.1, 0.15) is 12.4 Å². The molecule has 1 aromatic heterocycles. The first kappa shape index (κ1) is 19.4. The predicted molar refractivity (Wildman–Crippen MR) is 111 cm³/mol. The maximum Gasteiger partial charge on any atom is 0.267 e. The van der Waals surface area contributed by atoms with Gasteiger partial charge >= 0.3 is 0 Å². The number of amides is 1. The van der Waals surface area contributed by atoms with Crippen LogP contribution >= 0.6 is 0 Å². The second-order valence-electron chi connectivity index (χ2n) is 7.65. The summed E-state index contributed by atoms with van der Waals surface area (Å²) in [6, 6.07) is 14.9. The number of rotatable bonds is 4. The molecule has 1 amide bonds. The van der Waals surface area contributed by atoms with E-state index in [1.165, 1.54) is 0 Å². The summed E-state index contributed by atoms with van der Waals surface area (Å²) in [5.41, 5.74) is 0.749. The molecule has 0 saturated carbocycles. The van der Waals surface area contributed by atoms with Gasteiger partial charge in [-0.3, -0.25) is 4.79 Å². The standard InChI is InChI=1S/C23H23N3O5/c1-28-17-9-3-2-8-16(17)22-24-21(25-31-22)15-7-6-12-26(13-15)23(27)20-14-29-18-10-4-5-11-19(18)30-20/h2-5,8-11,15,20H,6-7,12-14H2,1H3/t15-,20-/m0/s1. The topological polar surface area (TPSA) is 86.9 Å². The largest absolute Gasteiger partial charge is 0.496 e. The van der Waals surface area contributed by atoms with E-state index in [0.717, 1.165) is 18.4 Å². The van der Waals surface area contributed by atoms with Gasteiger partial charge in [-0.2, -0.15) is 4.98 Å². The minimum atomic E-state index is -0.650. The van der Waals surface area contributed by atoms with Gasteiger partial charge in [-0.15, -0.1) is 0 Å². The lowest BCUT2D eigenvalue weighted by Gasteiger charge is -2.35. The minimum Gasteiger partial charge on any atom is -0.496 e. The number of nitrogens with zero attached hydrogens (tertiary/aromatic N) is 3. The number of hydrogen-bond acceptors (Lipinski definition) is 7. The Morgan fingerprint density at radius 3 is 2.81 bits per heavy atom. The van der Waals surface area contributed by atoms with Crippen LogP contribution in [0.5, 0.6) is 17.2 Å². The van der Waals surface area contributed by atoms with Gasteiger partial charge in [-0.25, -0.2) is 0 Å². The lowest BCUT2D eigenvalue weighted by Crippen LogP contribution is -2.49. The van der Waals surface area contributed by atoms with Crippen LogP contribution in [0.2, 0.25) is 0 Å². The number of benzene rings is 2. The van der Waals surface area contributed by atoms with Crippen LogP contribution in [0.15, 0.2) is 53.1 Å². The quantitative estimate of drug-likeness (QED) is 0.639. The van der Waals surface area contributed by atoms with Gasteiger partial charge in [0.15, 0.2) is 17.3 Å². The maximum absolute atomic E-state index is 13.1. The van der Waals surface area contributed by atoms with Gasteiger partial charge in [0.05, 0.1) is 12.7 Å². The van der Waals surface area contributed by atoms with Gasteiger partial charge in [0.2, 0.25) is 6.10 Å². The molecule has 2 aromatic carbocycles. The highest BCUT2D eigenvalue weighted by Gasteiger charge is 2.35. The zero-order valence-corrected chi connectivity index (χ0v) is 17.2. The summed E-state index contributed by atoms with van der Waals surface area (Å²) in [5, 5.41) is 4.19. The molecule has 160 valence electrons. The average Bonchev–Trinajstić information content (AvgIpc) is 3.33. The normalized spacial score (nSPS) is 20.4. The van der Waals surface area contributed by atoms with Crippen LogP contribution in [0.4, 0.5) is 0 Å². The Morgan fingerprint density at radius 1 is 1.13 bits per heavy atom. The molecule has 0 spiro atoms. The smallest absolute Gasteiger partial charge is 0.267 e. The minimum absolute atomic E-state index is 0.00158. The monoisotopic (exact) mass is 421 g/mol. The molecule has 0 unspecified atom stereocenters. The van der Waals surface area contributed by atoms with Crippen molar-refractivity contribution in [2.45, 2.75) is 24.9 Å². The van der Waals surface area contributed by atoms with Crippen LogP contribution in [-0.2, 0) is 4.79 Å². The summed E-state index contributed by atoms with van der Waals surface area (Å²) >= 11 is 0. The third-order valence-electron chi connectivity index (χ3n) is 5.66. The van der Waals surface area contributed by atoms with E-state index < -0.39 is 6.10 Å². The van der Waals surface area contributed by atoms with Gasteiger partial charge in [-0.05, 0) is 37.1 Å². The molecule has 1 saturated heterocycles. The molecular weight excluding hydrogens is 398 g/mol. The fourth-order valence-electron chi connectivity index (χ4n) is 4.06. The second kappa shape index (κ2) is 8.29. The number of methoxy groups -OCH3 is 1. The van der Waals surface area contributed by atoms with E-state index in [2.05, 4.69) is 10.1 Å². The number of aromatic nitrogens is 2. The molecule has 0 radical (unpaired) electrons. The summed E-state index contributed by atoms with van der Waals surface area (Å²) in [6.45, 7) is 1.40. The number of para-hydroxylation sites is 3. The average molecular weight is 421 g/mol. The van der Waals surface area contributed by atoms with Crippen molar-refractivity contribution in [1.82, 2.24) is 15.0 Å². The van der Waals surface area contributed by atoms with E-state index in [-0.39, 0.29) is 18.4 Å². The number of likely N-dealkylation sites (tertiary alicyclic amines) is 1. The number of fused-ring (bicyclic) bond motifs is 1. The summed E-state index contributed by atoms with van der Waals surface area (Å²) in [6.07, 6.45) is 1.10. The van der Waals surface area contributed by atoms with E-state index in [0.29, 0.717) is 42.1 Å².